The van der Waals surface area contributed by atoms with Gasteiger partial charge in [0, 0.05) is 7.11 Å². The van der Waals surface area contributed by atoms with Crippen LogP contribution in [0, 0.1) is 0 Å². The third kappa shape index (κ3) is 3.25. The van der Waals surface area contributed by atoms with E-state index in [4.69, 9.17) is 18.9 Å². The Bertz CT molecular complexity index is 391. The summed E-state index contributed by atoms with van der Waals surface area (Å²) in [6.45, 7) is 2.27. The number of methoxy groups -OCH3 is 2. The van der Waals surface area contributed by atoms with Crippen molar-refractivity contribution in [1.29, 1.82) is 0 Å². The molecule has 1 aromatic rings. The molecule has 1 aliphatic heterocycles. The Morgan fingerprint density at radius 3 is 2.42 bits per heavy atom. The molecule has 1 fully saturated rings. The maximum absolute atomic E-state index is 9.98. The highest BCUT2D eigenvalue weighted by molar-refractivity contribution is 5.26. The monoisotopic (exact) mass is 268 g/mol. The normalized spacial score (nSPS) is 30.5. The summed E-state index contributed by atoms with van der Waals surface area (Å²) >= 11 is 0. The van der Waals surface area contributed by atoms with E-state index in [9.17, 15) is 5.11 Å². The summed E-state index contributed by atoms with van der Waals surface area (Å²) in [6.07, 6.45) is -1.96. The Kier molecular flexibility index (Phi) is 4.76. The highest BCUT2D eigenvalue weighted by atomic mass is 16.7. The number of hydrogen-bond acceptors (Lipinski definition) is 5. The van der Waals surface area contributed by atoms with Gasteiger partial charge in [-0.05, 0) is 24.6 Å². The lowest BCUT2D eigenvalue weighted by Crippen LogP contribution is -2.34. The first-order chi connectivity index (χ1) is 9.15. The highest BCUT2D eigenvalue weighted by Gasteiger charge is 2.42. The quantitative estimate of drug-likeness (QED) is 0.873. The minimum atomic E-state index is -0.766. The standard InChI is InChI=1S/C14H20O5/c1-9-13(12(15)14(17-3)19-9)18-8-10-4-6-11(16-2)7-5-10/h4-7,9,12-15H,8H2,1-3H3/t9-,12+,13-,14?/m0/s1. The van der Waals surface area contributed by atoms with Crippen molar-refractivity contribution in [3.05, 3.63) is 29.8 Å². The fourth-order valence-electron chi connectivity index (χ4n) is 2.15. The van der Waals surface area contributed by atoms with E-state index in [0.29, 0.717) is 6.61 Å². The Hall–Kier alpha value is -1.14. The third-order valence-corrected chi connectivity index (χ3v) is 3.26. The molecule has 0 aromatic heterocycles. The minimum absolute atomic E-state index is 0.196. The van der Waals surface area contributed by atoms with Gasteiger partial charge in [0.15, 0.2) is 6.29 Å². The molecule has 0 aliphatic carbocycles. The molecule has 2 rings (SSSR count). The van der Waals surface area contributed by atoms with Crippen molar-refractivity contribution in [2.24, 2.45) is 0 Å². The van der Waals surface area contributed by atoms with Crippen LogP contribution in [0.15, 0.2) is 24.3 Å². The SMILES string of the molecule is COc1ccc(CO[C@H]2[C@H](C)OC(OC)[C@@H]2O)cc1. The van der Waals surface area contributed by atoms with Gasteiger partial charge in [-0.2, -0.15) is 0 Å². The second kappa shape index (κ2) is 6.34. The van der Waals surface area contributed by atoms with Crippen molar-refractivity contribution >= 4 is 0 Å². The van der Waals surface area contributed by atoms with Crippen LogP contribution in [0.4, 0.5) is 0 Å². The van der Waals surface area contributed by atoms with Gasteiger partial charge in [-0.15, -0.1) is 0 Å². The van der Waals surface area contributed by atoms with Crippen LogP contribution in [-0.4, -0.2) is 43.9 Å². The van der Waals surface area contributed by atoms with E-state index in [1.807, 2.05) is 31.2 Å². The molecule has 0 radical (unpaired) electrons. The van der Waals surface area contributed by atoms with Crippen molar-refractivity contribution in [3.8, 4) is 5.75 Å². The fourth-order valence-corrected chi connectivity index (χ4v) is 2.15. The first-order valence-corrected chi connectivity index (χ1v) is 6.26. The molecule has 0 saturated carbocycles. The van der Waals surface area contributed by atoms with E-state index in [-0.39, 0.29) is 12.2 Å². The zero-order chi connectivity index (χ0) is 13.8. The first-order valence-electron chi connectivity index (χ1n) is 6.26. The van der Waals surface area contributed by atoms with Gasteiger partial charge in [0.2, 0.25) is 0 Å². The highest BCUT2D eigenvalue weighted by Crippen LogP contribution is 2.25. The lowest BCUT2D eigenvalue weighted by molar-refractivity contribution is -0.146. The zero-order valence-electron chi connectivity index (χ0n) is 11.4. The fraction of sp³-hybridized carbons (Fsp3) is 0.571. The van der Waals surface area contributed by atoms with Gasteiger partial charge in [-0.3, -0.25) is 0 Å². The maximum Gasteiger partial charge on any atom is 0.186 e. The Labute approximate surface area is 113 Å². The molecule has 1 aromatic carbocycles. The summed E-state index contributed by atoms with van der Waals surface area (Å²) in [5.41, 5.74) is 1.01. The molecule has 1 heterocycles. The van der Waals surface area contributed by atoms with Crippen LogP contribution in [0.5, 0.6) is 5.75 Å². The molecule has 5 nitrogen and oxygen atoms in total. The van der Waals surface area contributed by atoms with Gasteiger partial charge in [-0.1, -0.05) is 12.1 Å². The summed E-state index contributed by atoms with van der Waals surface area (Å²) in [5.74, 6) is 0.806. The lowest BCUT2D eigenvalue weighted by Gasteiger charge is -2.18. The minimum Gasteiger partial charge on any atom is -0.497 e. The largest absolute Gasteiger partial charge is 0.497 e. The van der Waals surface area contributed by atoms with Gasteiger partial charge in [0.1, 0.15) is 18.0 Å². The van der Waals surface area contributed by atoms with E-state index in [0.717, 1.165) is 11.3 Å². The zero-order valence-corrected chi connectivity index (χ0v) is 11.4. The molecule has 19 heavy (non-hydrogen) atoms. The van der Waals surface area contributed by atoms with E-state index >= 15 is 0 Å². The maximum atomic E-state index is 9.98. The van der Waals surface area contributed by atoms with Crippen molar-refractivity contribution < 1.29 is 24.1 Å². The number of benzene rings is 1. The summed E-state index contributed by atoms with van der Waals surface area (Å²) in [7, 11) is 3.14. The number of ether oxygens (including phenoxy) is 4. The number of rotatable bonds is 5. The molecule has 1 unspecified atom stereocenters. The second-order valence-corrected chi connectivity index (χ2v) is 4.56. The Morgan fingerprint density at radius 1 is 1.21 bits per heavy atom. The molecule has 0 amide bonds. The molecule has 1 aliphatic rings. The average Bonchev–Trinajstić information content (AvgIpc) is 2.72. The number of hydrogen-bond donors (Lipinski definition) is 1. The van der Waals surface area contributed by atoms with Crippen molar-refractivity contribution in [2.75, 3.05) is 14.2 Å². The van der Waals surface area contributed by atoms with E-state index < -0.39 is 12.4 Å². The van der Waals surface area contributed by atoms with Gasteiger partial charge in [0.25, 0.3) is 0 Å². The molecule has 1 N–H and O–H groups in total. The summed E-state index contributed by atoms with van der Waals surface area (Å²) in [6, 6.07) is 7.61. The molecule has 0 bridgehead atoms. The topological polar surface area (TPSA) is 57.2 Å². The van der Waals surface area contributed by atoms with Crippen LogP contribution in [0.2, 0.25) is 0 Å². The Morgan fingerprint density at radius 2 is 1.89 bits per heavy atom. The third-order valence-electron chi connectivity index (χ3n) is 3.26. The molecule has 4 atom stereocenters. The van der Waals surface area contributed by atoms with Gasteiger partial charge >= 0.3 is 0 Å². The summed E-state index contributed by atoms with van der Waals surface area (Å²) < 4.78 is 21.3. The number of aliphatic hydroxyl groups excluding tert-OH is 1. The Balaban J connectivity index is 1.90. The molecule has 106 valence electrons. The van der Waals surface area contributed by atoms with Gasteiger partial charge in [-0.25, -0.2) is 0 Å². The van der Waals surface area contributed by atoms with E-state index in [2.05, 4.69) is 0 Å². The van der Waals surface area contributed by atoms with Crippen molar-refractivity contribution in [2.45, 2.75) is 38.1 Å². The predicted octanol–water partition coefficient (Wildman–Crippen LogP) is 1.33. The lowest BCUT2D eigenvalue weighted by atomic mass is 10.1. The number of aliphatic hydroxyl groups is 1. The van der Waals surface area contributed by atoms with Crippen molar-refractivity contribution in [1.82, 2.24) is 0 Å². The molecule has 1 saturated heterocycles. The van der Waals surface area contributed by atoms with Crippen LogP contribution in [0.3, 0.4) is 0 Å². The first kappa shape index (κ1) is 14.3. The van der Waals surface area contributed by atoms with Crippen LogP contribution in [0.25, 0.3) is 0 Å². The van der Waals surface area contributed by atoms with Crippen molar-refractivity contribution in [3.63, 3.8) is 0 Å². The van der Waals surface area contributed by atoms with Gasteiger partial charge in [0.05, 0.1) is 19.8 Å². The van der Waals surface area contributed by atoms with Crippen LogP contribution < -0.4 is 4.74 Å². The summed E-state index contributed by atoms with van der Waals surface area (Å²) in [5, 5.41) is 9.98. The molecule has 0 spiro atoms. The second-order valence-electron chi connectivity index (χ2n) is 4.56. The molecular formula is C14H20O5. The molecular weight excluding hydrogens is 248 g/mol. The van der Waals surface area contributed by atoms with Crippen LogP contribution in [-0.2, 0) is 20.8 Å². The van der Waals surface area contributed by atoms with E-state index in [1.54, 1.807) is 7.11 Å². The smallest absolute Gasteiger partial charge is 0.186 e. The van der Waals surface area contributed by atoms with Crippen LogP contribution >= 0.6 is 0 Å². The average molecular weight is 268 g/mol. The van der Waals surface area contributed by atoms with Crippen LogP contribution in [0.1, 0.15) is 12.5 Å². The summed E-state index contributed by atoms with van der Waals surface area (Å²) in [4.78, 5) is 0. The van der Waals surface area contributed by atoms with E-state index in [1.165, 1.54) is 7.11 Å². The van der Waals surface area contributed by atoms with Gasteiger partial charge < -0.3 is 24.1 Å². The predicted molar refractivity (Wildman–Crippen MR) is 68.9 cm³/mol. The molecule has 5 heteroatoms.